The molecule has 1 atom stereocenters. The number of nitrogens with one attached hydrogen (secondary N) is 2. The van der Waals surface area contributed by atoms with Crippen LogP contribution in [0.1, 0.15) is 46.1 Å². The van der Waals surface area contributed by atoms with Crippen LogP contribution in [0.5, 0.6) is 0 Å². The molecular formula is C22H26N2O5S. The van der Waals surface area contributed by atoms with Crippen molar-refractivity contribution in [3.8, 4) is 0 Å². The number of thiophene rings is 1. The van der Waals surface area contributed by atoms with Gasteiger partial charge in [-0.3, -0.25) is 9.59 Å². The predicted octanol–water partition coefficient (Wildman–Crippen LogP) is 3.86. The first-order valence-corrected chi connectivity index (χ1v) is 10.8. The molecule has 1 aromatic heterocycles. The Kier molecular flexibility index (Phi) is 7.23. The third kappa shape index (κ3) is 5.25. The van der Waals surface area contributed by atoms with Crippen molar-refractivity contribution in [3.63, 3.8) is 0 Å². The molecule has 1 aliphatic carbocycles. The lowest BCUT2D eigenvalue weighted by molar-refractivity contribution is -0.143. The molecule has 2 amide bonds. The second-order valence-electron chi connectivity index (χ2n) is 7.43. The third-order valence-electron chi connectivity index (χ3n) is 5.28. The lowest BCUT2D eigenvalue weighted by atomic mass is 9.85. The van der Waals surface area contributed by atoms with Crippen molar-refractivity contribution < 1.29 is 24.2 Å². The highest BCUT2D eigenvalue weighted by atomic mass is 32.1. The minimum absolute atomic E-state index is 0.251. The second-order valence-corrected chi connectivity index (χ2v) is 8.53. The number of aliphatic carboxylic acids is 1. The van der Waals surface area contributed by atoms with Crippen LogP contribution in [0.25, 0.3) is 0 Å². The van der Waals surface area contributed by atoms with Crippen LogP contribution < -0.4 is 10.6 Å². The Morgan fingerprint density at radius 1 is 1.20 bits per heavy atom. The minimum atomic E-state index is -1.14. The van der Waals surface area contributed by atoms with Gasteiger partial charge in [-0.1, -0.05) is 31.5 Å². The maximum atomic E-state index is 13.2. The molecule has 3 rings (SSSR count). The van der Waals surface area contributed by atoms with Crippen LogP contribution in [0.3, 0.4) is 0 Å². The lowest BCUT2D eigenvalue weighted by Gasteiger charge is -2.21. The average Bonchev–Trinajstić information content (AvgIpc) is 3.06. The van der Waals surface area contributed by atoms with Gasteiger partial charge in [-0.05, 0) is 49.3 Å². The van der Waals surface area contributed by atoms with Crippen molar-refractivity contribution in [2.45, 2.75) is 39.5 Å². The molecule has 160 valence electrons. The number of fused-ring (bicyclic) bond motifs is 1. The normalized spacial score (nSPS) is 15.3. The molecule has 0 radical (unpaired) electrons. The summed E-state index contributed by atoms with van der Waals surface area (Å²) in [5, 5.41) is 14.9. The van der Waals surface area contributed by atoms with Crippen LogP contribution in [0, 0.1) is 12.8 Å². The van der Waals surface area contributed by atoms with Crippen LogP contribution in [0.4, 0.5) is 10.7 Å². The molecule has 0 saturated carbocycles. The Hall–Kier alpha value is -2.71. The van der Waals surface area contributed by atoms with E-state index in [1.54, 1.807) is 0 Å². The zero-order valence-electron chi connectivity index (χ0n) is 17.1. The first-order chi connectivity index (χ1) is 14.4. The van der Waals surface area contributed by atoms with Crippen LogP contribution >= 0.6 is 11.3 Å². The van der Waals surface area contributed by atoms with Gasteiger partial charge in [0.1, 0.15) is 18.2 Å². The maximum absolute atomic E-state index is 13.2. The number of benzene rings is 1. The van der Waals surface area contributed by atoms with Gasteiger partial charge in [0, 0.05) is 10.6 Å². The summed E-state index contributed by atoms with van der Waals surface area (Å²) in [5.41, 5.74) is 3.18. The summed E-state index contributed by atoms with van der Waals surface area (Å²) in [7, 11) is 0. The van der Waals surface area contributed by atoms with Crippen molar-refractivity contribution in [1.82, 2.24) is 0 Å². The largest absolute Gasteiger partial charge is 0.480 e. The Labute approximate surface area is 179 Å². The van der Waals surface area contributed by atoms with Crippen molar-refractivity contribution in [2.75, 3.05) is 23.8 Å². The first kappa shape index (κ1) is 22.0. The smallest absolute Gasteiger partial charge is 0.329 e. The first-order valence-electron chi connectivity index (χ1n) is 9.99. The van der Waals surface area contributed by atoms with Crippen LogP contribution in [0.15, 0.2) is 24.3 Å². The van der Waals surface area contributed by atoms with Gasteiger partial charge in [-0.2, -0.15) is 0 Å². The average molecular weight is 431 g/mol. The molecule has 1 aliphatic rings. The summed E-state index contributed by atoms with van der Waals surface area (Å²) >= 11 is 1.43. The molecule has 3 N–H and O–H groups in total. The standard InChI is InChI=1S/C22H26N2O5S/c1-3-14-8-9-15-17(10-14)30-22(24-18(25)11-29-12-19(26)27)20(15)21(28)23-16-7-5-4-6-13(16)2/h4-7,14H,3,8-12H2,1-2H3,(H,23,28)(H,24,25)(H,26,27). The number of carboxylic acids is 1. The van der Waals surface area contributed by atoms with Crippen molar-refractivity contribution >= 4 is 39.8 Å². The molecule has 0 spiro atoms. The number of para-hydroxylation sites is 1. The Bertz CT molecular complexity index is 953. The highest BCUT2D eigenvalue weighted by Gasteiger charge is 2.29. The minimum Gasteiger partial charge on any atom is -0.480 e. The topological polar surface area (TPSA) is 105 Å². The van der Waals surface area contributed by atoms with E-state index in [-0.39, 0.29) is 12.5 Å². The molecule has 0 fully saturated rings. The molecule has 0 saturated heterocycles. The quantitative estimate of drug-likeness (QED) is 0.590. The van der Waals surface area contributed by atoms with Gasteiger partial charge in [0.15, 0.2) is 0 Å². The number of amides is 2. The molecular weight excluding hydrogens is 404 g/mol. The number of ether oxygens (including phenoxy) is 1. The fraction of sp³-hybridized carbons (Fsp3) is 0.409. The molecule has 30 heavy (non-hydrogen) atoms. The summed E-state index contributed by atoms with van der Waals surface area (Å²) in [5.74, 6) is -1.30. The van der Waals surface area contributed by atoms with Gasteiger partial charge in [-0.25, -0.2) is 4.79 Å². The molecule has 7 nitrogen and oxygen atoms in total. The Morgan fingerprint density at radius 3 is 2.67 bits per heavy atom. The number of aryl methyl sites for hydroxylation is 1. The summed E-state index contributed by atoms with van der Waals surface area (Å²) in [6.45, 7) is 3.16. The predicted molar refractivity (Wildman–Crippen MR) is 116 cm³/mol. The van der Waals surface area contributed by atoms with E-state index in [0.29, 0.717) is 16.5 Å². The van der Waals surface area contributed by atoms with Crippen LogP contribution in [-0.4, -0.2) is 36.1 Å². The zero-order valence-corrected chi connectivity index (χ0v) is 17.9. The second kappa shape index (κ2) is 9.86. The number of carboxylic acid groups (broad SMARTS) is 1. The van der Waals surface area contributed by atoms with E-state index in [0.717, 1.165) is 47.4 Å². The summed E-state index contributed by atoms with van der Waals surface area (Å²) in [4.78, 5) is 37.1. The molecule has 0 bridgehead atoms. The van der Waals surface area contributed by atoms with E-state index < -0.39 is 18.5 Å². The van der Waals surface area contributed by atoms with Crippen LogP contribution in [0.2, 0.25) is 0 Å². The van der Waals surface area contributed by atoms with E-state index in [1.807, 2.05) is 31.2 Å². The number of carbonyl (C=O) groups excluding carboxylic acids is 2. The fourth-order valence-electron chi connectivity index (χ4n) is 3.62. The molecule has 1 aromatic carbocycles. The van der Waals surface area contributed by atoms with Gasteiger partial charge >= 0.3 is 5.97 Å². The maximum Gasteiger partial charge on any atom is 0.329 e. The molecule has 1 unspecified atom stereocenters. The lowest BCUT2D eigenvalue weighted by Crippen LogP contribution is -2.23. The van der Waals surface area contributed by atoms with Crippen LogP contribution in [-0.2, 0) is 27.2 Å². The van der Waals surface area contributed by atoms with Gasteiger partial charge in [0.25, 0.3) is 11.8 Å². The number of anilines is 2. The summed E-state index contributed by atoms with van der Waals surface area (Å²) in [6.07, 6.45) is 3.78. The Morgan fingerprint density at radius 2 is 1.97 bits per heavy atom. The van der Waals surface area contributed by atoms with Crippen molar-refractivity contribution in [2.24, 2.45) is 5.92 Å². The highest BCUT2D eigenvalue weighted by molar-refractivity contribution is 7.17. The number of rotatable bonds is 8. The third-order valence-corrected chi connectivity index (χ3v) is 6.45. The van der Waals surface area contributed by atoms with E-state index in [9.17, 15) is 14.4 Å². The van der Waals surface area contributed by atoms with Gasteiger partial charge < -0.3 is 20.5 Å². The van der Waals surface area contributed by atoms with Gasteiger partial charge in [0.2, 0.25) is 0 Å². The number of hydrogen-bond acceptors (Lipinski definition) is 5. The summed E-state index contributed by atoms with van der Waals surface area (Å²) < 4.78 is 4.87. The van der Waals surface area contributed by atoms with Crippen molar-refractivity contribution in [1.29, 1.82) is 0 Å². The van der Waals surface area contributed by atoms with E-state index in [1.165, 1.54) is 11.3 Å². The number of hydrogen-bond donors (Lipinski definition) is 3. The van der Waals surface area contributed by atoms with Gasteiger partial charge in [0.05, 0.1) is 5.56 Å². The zero-order chi connectivity index (χ0) is 21.7. The number of carbonyl (C=O) groups is 3. The van der Waals surface area contributed by atoms with Gasteiger partial charge in [-0.15, -0.1) is 11.3 Å². The SMILES string of the molecule is CCC1CCc2c(sc(NC(=O)COCC(=O)O)c2C(=O)Nc2ccccc2C)C1. The Balaban J connectivity index is 1.85. The van der Waals surface area contributed by atoms with E-state index in [4.69, 9.17) is 9.84 Å². The molecule has 8 heteroatoms. The molecule has 1 heterocycles. The van der Waals surface area contributed by atoms with Crippen molar-refractivity contribution in [3.05, 3.63) is 45.8 Å². The van der Waals surface area contributed by atoms with E-state index >= 15 is 0 Å². The fourth-order valence-corrected chi connectivity index (χ4v) is 5.00. The monoisotopic (exact) mass is 430 g/mol. The molecule has 0 aliphatic heterocycles. The molecule has 2 aromatic rings. The van der Waals surface area contributed by atoms with E-state index in [2.05, 4.69) is 17.6 Å². The highest BCUT2D eigenvalue weighted by Crippen LogP contribution is 2.40. The summed E-state index contributed by atoms with van der Waals surface area (Å²) in [6, 6.07) is 7.54.